The minimum absolute atomic E-state index is 0.0588. The van der Waals surface area contributed by atoms with Crippen LogP contribution in [0.3, 0.4) is 0 Å². The van der Waals surface area contributed by atoms with E-state index in [1.165, 1.54) is 4.90 Å². The van der Waals surface area contributed by atoms with Gasteiger partial charge in [-0.3, -0.25) is 4.79 Å². The van der Waals surface area contributed by atoms with E-state index < -0.39 is 5.97 Å². The Kier molecular flexibility index (Phi) is 9.75. The number of amides is 2. The van der Waals surface area contributed by atoms with E-state index in [1.54, 1.807) is 26.2 Å². The first-order chi connectivity index (χ1) is 9.43. The number of urea groups is 1. The minimum Gasteiger partial charge on any atom is -0.481 e. The van der Waals surface area contributed by atoms with Gasteiger partial charge in [-0.1, -0.05) is 0 Å². The van der Waals surface area contributed by atoms with Crippen LogP contribution in [0, 0.1) is 0 Å². The third kappa shape index (κ3) is 7.30. The maximum atomic E-state index is 12.3. The van der Waals surface area contributed by atoms with Crippen molar-refractivity contribution in [2.75, 3.05) is 47.6 Å². The zero-order valence-electron chi connectivity index (χ0n) is 12.8. The highest BCUT2D eigenvalue weighted by molar-refractivity contribution is 5.74. The number of hydrogen-bond donors (Lipinski definition) is 1. The highest BCUT2D eigenvalue weighted by Crippen LogP contribution is 2.06. The van der Waals surface area contributed by atoms with Crippen LogP contribution in [-0.4, -0.2) is 80.5 Å². The number of hydrogen-bond acceptors (Lipinski definition) is 4. The van der Waals surface area contributed by atoms with Gasteiger partial charge in [-0.15, -0.1) is 0 Å². The molecule has 1 atom stereocenters. The molecular weight excluding hydrogens is 264 g/mol. The molecule has 0 aliphatic heterocycles. The number of carbonyl (C=O) groups is 2. The summed E-state index contributed by atoms with van der Waals surface area (Å²) in [5.74, 6) is -0.852. The largest absolute Gasteiger partial charge is 0.481 e. The van der Waals surface area contributed by atoms with Crippen molar-refractivity contribution in [3.05, 3.63) is 0 Å². The molecule has 0 rings (SSSR count). The van der Waals surface area contributed by atoms with Crippen LogP contribution in [0.25, 0.3) is 0 Å². The average molecular weight is 290 g/mol. The lowest BCUT2D eigenvalue weighted by molar-refractivity contribution is -0.137. The molecule has 2 amide bonds. The van der Waals surface area contributed by atoms with Crippen LogP contribution in [-0.2, 0) is 14.3 Å². The van der Waals surface area contributed by atoms with E-state index >= 15 is 0 Å². The molecule has 1 unspecified atom stereocenters. The van der Waals surface area contributed by atoms with Gasteiger partial charge >= 0.3 is 12.0 Å². The number of carbonyl (C=O) groups excluding carboxylic acids is 1. The molecule has 0 heterocycles. The van der Waals surface area contributed by atoms with Crippen LogP contribution in [0.15, 0.2) is 0 Å². The van der Waals surface area contributed by atoms with Crippen molar-refractivity contribution in [1.82, 2.24) is 9.80 Å². The molecule has 0 saturated carbocycles. The Morgan fingerprint density at radius 2 is 1.85 bits per heavy atom. The summed E-state index contributed by atoms with van der Waals surface area (Å²) in [6, 6.07) is -0.207. The Morgan fingerprint density at radius 3 is 2.35 bits per heavy atom. The highest BCUT2D eigenvalue weighted by Gasteiger charge is 2.22. The summed E-state index contributed by atoms with van der Waals surface area (Å²) in [7, 11) is 4.84. The van der Waals surface area contributed by atoms with Crippen LogP contribution in [0.2, 0.25) is 0 Å². The third-order valence-corrected chi connectivity index (χ3v) is 2.93. The fourth-order valence-corrected chi connectivity index (χ4v) is 1.81. The molecule has 7 nitrogen and oxygen atoms in total. The van der Waals surface area contributed by atoms with Gasteiger partial charge in [0, 0.05) is 40.8 Å². The summed E-state index contributed by atoms with van der Waals surface area (Å²) in [4.78, 5) is 26.0. The first-order valence-electron chi connectivity index (χ1n) is 6.65. The Morgan fingerprint density at radius 1 is 1.20 bits per heavy atom. The number of aliphatic carboxylic acids is 1. The molecule has 0 aliphatic carbocycles. The van der Waals surface area contributed by atoms with Gasteiger partial charge in [0.25, 0.3) is 0 Å². The van der Waals surface area contributed by atoms with Crippen LogP contribution in [0.4, 0.5) is 4.79 Å². The van der Waals surface area contributed by atoms with E-state index in [-0.39, 0.29) is 18.5 Å². The smallest absolute Gasteiger partial charge is 0.320 e. The lowest BCUT2D eigenvalue weighted by atomic mass is 10.3. The van der Waals surface area contributed by atoms with Gasteiger partial charge in [-0.2, -0.15) is 0 Å². The normalized spacial score (nSPS) is 12.0. The van der Waals surface area contributed by atoms with Gasteiger partial charge in [0.1, 0.15) is 0 Å². The minimum atomic E-state index is -0.852. The summed E-state index contributed by atoms with van der Waals surface area (Å²) in [5, 5.41) is 8.60. The summed E-state index contributed by atoms with van der Waals surface area (Å²) in [6.45, 7) is 3.68. The van der Waals surface area contributed by atoms with Crippen molar-refractivity contribution in [2.24, 2.45) is 0 Å². The SMILES string of the molecule is COCCN(C(=O)N(C)CCCC(=O)O)C(C)COC. The number of methoxy groups -OCH3 is 2. The molecule has 0 aliphatic rings. The number of carboxylic acids is 1. The van der Waals surface area contributed by atoms with E-state index in [1.807, 2.05) is 6.92 Å². The molecule has 0 bridgehead atoms. The summed E-state index contributed by atoms with van der Waals surface area (Å²) in [5.41, 5.74) is 0. The quantitative estimate of drug-likeness (QED) is 0.646. The number of ether oxygens (including phenoxy) is 2. The van der Waals surface area contributed by atoms with Crippen molar-refractivity contribution in [3.63, 3.8) is 0 Å². The summed E-state index contributed by atoms with van der Waals surface area (Å²) in [6.07, 6.45) is 0.498. The van der Waals surface area contributed by atoms with E-state index in [0.717, 1.165) is 0 Å². The average Bonchev–Trinajstić information content (AvgIpc) is 2.38. The first-order valence-corrected chi connectivity index (χ1v) is 6.65. The monoisotopic (exact) mass is 290 g/mol. The van der Waals surface area contributed by atoms with E-state index in [0.29, 0.717) is 32.7 Å². The van der Waals surface area contributed by atoms with E-state index in [4.69, 9.17) is 14.6 Å². The van der Waals surface area contributed by atoms with Gasteiger partial charge in [0.2, 0.25) is 0 Å². The second-order valence-corrected chi connectivity index (χ2v) is 4.69. The molecule has 20 heavy (non-hydrogen) atoms. The standard InChI is InChI=1S/C13H26N2O5/c1-11(10-20-4)15(8-9-19-3)13(18)14(2)7-5-6-12(16)17/h11H,5-10H2,1-4H3,(H,16,17). The highest BCUT2D eigenvalue weighted by atomic mass is 16.5. The molecule has 118 valence electrons. The first kappa shape index (κ1) is 18.7. The topological polar surface area (TPSA) is 79.3 Å². The van der Waals surface area contributed by atoms with Crippen molar-refractivity contribution < 1.29 is 24.2 Å². The van der Waals surface area contributed by atoms with E-state index in [2.05, 4.69) is 0 Å². The molecule has 0 fully saturated rings. The zero-order chi connectivity index (χ0) is 15.5. The van der Waals surface area contributed by atoms with Gasteiger partial charge < -0.3 is 24.4 Å². The molecule has 0 aromatic carbocycles. The van der Waals surface area contributed by atoms with Crippen LogP contribution in [0.5, 0.6) is 0 Å². The summed E-state index contributed by atoms with van der Waals surface area (Å²) >= 11 is 0. The second kappa shape index (κ2) is 10.4. The molecule has 7 heteroatoms. The second-order valence-electron chi connectivity index (χ2n) is 4.69. The molecule has 0 aromatic rings. The maximum Gasteiger partial charge on any atom is 0.320 e. The van der Waals surface area contributed by atoms with Crippen LogP contribution >= 0.6 is 0 Å². The molecule has 0 saturated heterocycles. The van der Waals surface area contributed by atoms with Crippen molar-refractivity contribution in [1.29, 1.82) is 0 Å². The van der Waals surface area contributed by atoms with Gasteiger partial charge in [0.15, 0.2) is 0 Å². The Bertz CT molecular complexity index is 298. The zero-order valence-corrected chi connectivity index (χ0v) is 12.8. The predicted octanol–water partition coefficient (Wildman–Crippen LogP) is 0.886. The van der Waals surface area contributed by atoms with Crippen molar-refractivity contribution in [3.8, 4) is 0 Å². The number of nitrogens with zero attached hydrogens (tertiary/aromatic N) is 2. The van der Waals surface area contributed by atoms with Crippen LogP contribution in [0.1, 0.15) is 19.8 Å². The molecule has 1 N–H and O–H groups in total. The van der Waals surface area contributed by atoms with Gasteiger partial charge in [-0.25, -0.2) is 4.79 Å². The molecule has 0 spiro atoms. The van der Waals surface area contributed by atoms with Crippen molar-refractivity contribution >= 4 is 12.0 Å². The lowest BCUT2D eigenvalue weighted by Crippen LogP contribution is -2.49. The Hall–Kier alpha value is -1.34. The van der Waals surface area contributed by atoms with E-state index in [9.17, 15) is 9.59 Å². The molecule has 0 aromatic heterocycles. The third-order valence-electron chi connectivity index (χ3n) is 2.93. The fraction of sp³-hybridized carbons (Fsp3) is 0.846. The Balaban J connectivity index is 4.46. The fourth-order valence-electron chi connectivity index (χ4n) is 1.81. The number of carboxylic acid groups (broad SMARTS) is 1. The summed E-state index contributed by atoms with van der Waals surface area (Å²) < 4.78 is 10.1. The Labute approximate surface area is 120 Å². The maximum absolute atomic E-state index is 12.3. The van der Waals surface area contributed by atoms with Crippen molar-refractivity contribution in [2.45, 2.75) is 25.8 Å². The molecular formula is C13H26N2O5. The number of rotatable bonds is 10. The molecule has 0 radical (unpaired) electrons. The van der Waals surface area contributed by atoms with Gasteiger partial charge in [-0.05, 0) is 13.3 Å². The predicted molar refractivity (Wildman–Crippen MR) is 74.8 cm³/mol. The lowest BCUT2D eigenvalue weighted by Gasteiger charge is -2.32. The van der Waals surface area contributed by atoms with Gasteiger partial charge in [0.05, 0.1) is 19.3 Å². The van der Waals surface area contributed by atoms with Crippen LogP contribution < -0.4 is 0 Å².